The van der Waals surface area contributed by atoms with Gasteiger partial charge in [-0.1, -0.05) is 55.8 Å². The number of rotatable bonds is 1. The summed E-state index contributed by atoms with van der Waals surface area (Å²) in [5.74, 6) is 0.584. The zero-order valence-corrected chi connectivity index (χ0v) is 10.7. The Morgan fingerprint density at radius 3 is 2.53 bits per heavy atom. The lowest BCUT2D eigenvalue weighted by Gasteiger charge is -2.14. The minimum atomic E-state index is 0.584. The van der Waals surface area contributed by atoms with E-state index in [1.807, 2.05) is 0 Å². The van der Waals surface area contributed by atoms with Gasteiger partial charge in [-0.15, -0.1) is 0 Å². The summed E-state index contributed by atoms with van der Waals surface area (Å²) >= 11 is 0. The van der Waals surface area contributed by atoms with E-state index in [4.69, 9.17) is 0 Å². The minimum Gasteiger partial charge on any atom is -0.0626 e. The van der Waals surface area contributed by atoms with E-state index in [1.165, 1.54) is 27.5 Å². The van der Waals surface area contributed by atoms with Crippen LogP contribution >= 0.6 is 0 Å². The van der Waals surface area contributed by atoms with Crippen LogP contribution in [0.15, 0.2) is 35.9 Å². The van der Waals surface area contributed by atoms with Gasteiger partial charge in [0.15, 0.2) is 0 Å². The normalized spacial score (nSPS) is 18.3. The number of benzene rings is 2. The average molecular weight is 222 g/mol. The zero-order valence-electron chi connectivity index (χ0n) is 10.7. The van der Waals surface area contributed by atoms with E-state index in [-0.39, 0.29) is 0 Å². The first-order chi connectivity index (χ1) is 8.22. The molecule has 0 saturated carbocycles. The van der Waals surface area contributed by atoms with E-state index >= 15 is 0 Å². The van der Waals surface area contributed by atoms with Gasteiger partial charge < -0.3 is 0 Å². The molecule has 2 aromatic carbocycles. The zero-order chi connectivity index (χ0) is 12.0. The smallest absolute Gasteiger partial charge is 0.00351 e. The lowest BCUT2D eigenvalue weighted by Crippen LogP contribution is -1.95. The summed E-state index contributed by atoms with van der Waals surface area (Å²) in [6, 6.07) is 11.1. The van der Waals surface area contributed by atoms with Crippen LogP contribution in [0.2, 0.25) is 0 Å². The third-order valence-corrected chi connectivity index (χ3v) is 4.06. The molecule has 1 atom stereocenters. The van der Waals surface area contributed by atoms with Gasteiger partial charge >= 0.3 is 0 Å². The molecule has 0 nitrogen and oxygen atoms in total. The Kier molecular flexibility index (Phi) is 2.32. The Balaban J connectivity index is 2.36. The van der Waals surface area contributed by atoms with Crippen molar-refractivity contribution in [3.8, 4) is 0 Å². The Labute approximate surface area is 103 Å². The summed E-state index contributed by atoms with van der Waals surface area (Å²) in [6.07, 6.45) is 3.54. The van der Waals surface area contributed by atoms with Crippen LogP contribution in [-0.4, -0.2) is 0 Å². The second-order valence-electron chi connectivity index (χ2n) is 5.04. The third kappa shape index (κ3) is 1.44. The molecule has 1 aliphatic carbocycles. The molecule has 0 fully saturated rings. The molecule has 1 aliphatic rings. The summed E-state index contributed by atoms with van der Waals surface area (Å²) in [6.45, 7) is 6.80. The molecule has 17 heavy (non-hydrogen) atoms. The largest absolute Gasteiger partial charge is 0.0626 e. The van der Waals surface area contributed by atoms with Crippen LogP contribution in [0.25, 0.3) is 16.8 Å². The van der Waals surface area contributed by atoms with E-state index in [1.54, 1.807) is 5.57 Å². The van der Waals surface area contributed by atoms with E-state index in [9.17, 15) is 0 Å². The number of fused-ring (bicyclic) bond motifs is 3. The molecule has 0 amide bonds. The Bertz CT molecular complexity index is 617. The highest BCUT2D eigenvalue weighted by Gasteiger charge is 2.22. The molecule has 0 radical (unpaired) electrons. The van der Waals surface area contributed by atoms with Crippen LogP contribution in [0, 0.1) is 6.92 Å². The van der Waals surface area contributed by atoms with Crippen molar-refractivity contribution in [3.63, 3.8) is 0 Å². The number of hydrogen-bond acceptors (Lipinski definition) is 0. The highest BCUT2D eigenvalue weighted by Crippen LogP contribution is 2.42. The van der Waals surface area contributed by atoms with Crippen LogP contribution in [0.3, 0.4) is 0 Å². The second kappa shape index (κ2) is 3.73. The maximum Gasteiger partial charge on any atom is 0.00351 e. The summed E-state index contributed by atoms with van der Waals surface area (Å²) < 4.78 is 0. The van der Waals surface area contributed by atoms with Gasteiger partial charge in [-0.3, -0.25) is 0 Å². The lowest BCUT2D eigenvalue weighted by atomic mass is 9.90. The average Bonchev–Trinajstić information content (AvgIpc) is 2.66. The van der Waals surface area contributed by atoms with Gasteiger partial charge in [0, 0.05) is 5.92 Å². The topological polar surface area (TPSA) is 0 Å². The molecule has 0 saturated heterocycles. The van der Waals surface area contributed by atoms with Crippen molar-refractivity contribution in [1.29, 1.82) is 0 Å². The van der Waals surface area contributed by atoms with Crippen LogP contribution in [0.4, 0.5) is 0 Å². The second-order valence-corrected chi connectivity index (χ2v) is 5.04. The molecule has 1 unspecified atom stereocenters. The van der Waals surface area contributed by atoms with Crippen molar-refractivity contribution in [1.82, 2.24) is 0 Å². The van der Waals surface area contributed by atoms with E-state index in [0.29, 0.717) is 5.92 Å². The van der Waals surface area contributed by atoms with Crippen LogP contribution in [-0.2, 0) is 0 Å². The molecular formula is C17H18. The summed E-state index contributed by atoms with van der Waals surface area (Å²) in [5.41, 5.74) is 5.92. The molecule has 0 heteroatoms. The monoisotopic (exact) mass is 222 g/mol. The van der Waals surface area contributed by atoms with Gasteiger partial charge in [0.05, 0.1) is 0 Å². The first-order valence-electron chi connectivity index (χ1n) is 6.45. The van der Waals surface area contributed by atoms with Gasteiger partial charge in [0.25, 0.3) is 0 Å². The molecule has 3 rings (SSSR count). The highest BCUT2D eigenvalue weighted by atomic mass is 14.3. The molecule has 0 bridgehead atoms. The van der Waals surface area contributed by atoms with Crippen molar-refractivity contribution in [2.75, 3.05) is 0 Å². The van der Waals surface area contributed by atoms with E-state index < -0.39 is 0 Å². The molecular weight excluding hydrogens is 204 g/mol. The number of aryl methyl sites for hydroxylation is 1. The van der Waals surface area contributed by atoms with Gasteiger partial charge in [0.2, 0.25) is 0 Å². The Morgan fingerprint density at radius 1 is 1.12 bits per heavy atom. The van der Waals surface area contributed by atoms with Gasteiger partial charge in [0.1, 0.15) is 0 Å². The van der Waals surface area contributed by atoms with Crippen LogP contribution in [0.5, 0.6) is 0 Å². The predicted octanol–water partition coefficient (Wildman–Crippen LogP) is 5.06. The van der Waals surface area contributed by atoms with Crippen LogP contribution in [0.1, 0.15) is 42.9 Å². The van der Waals surface area contributed by atoms with Crippen molar-refractivity contribution in [2.24, 2.45) is 0 Å². The predicted molar refractivity (Wildman–Crippen MR) is 75.4 cm³/mol. The molecule has 0 aromatic heterocycles. The molecule has 86 valence electrons. The van der Waals surface area contributed by atoms with Gasteiger partial charge in [-0.2, -0.15) is 0 Å². The van der Waals surface area contributed by atoms with Gasteiger partial charge in [-0.05, 0) is 40.8 Å². The fourth-order valence-electron chi connectivity index (χ4n) is 3.13. The molecule has 2 aromatic rings. The van der Waals surface area contributed by atoms with Gasteiger partial charge in [-0.25, -0.2) is 0 Å². The lowest BCUT2D eigenvalue weighted by molar-refractivity contribution is 0.871. The first kappa shape index (κ1) is 10.6. The number of allylic oxidation sites excluding steroid dienone is 1. The van der Waals surface area contributed by atoms with E-state index in [0.717, 1.165) is 6.42 Å². The number of hydrogen-bond donors (Lipinski definition) is 0. The fourth-order valence-corrected chi connectivity index (χ4v) is 3.13. The summed E-state index contributed by atoms with van der Waals surface area (Å²) in [5, 5.41) is 2.85. The summed E-state index contributed by atoms with van der Waals surface area (Å²) in [7, 11) is 0. The maximum absolute atomic E-state index is 2.39. The minimum absolute atomic E-state index is 0.584. The quantitative estimate of drug-likeness (QED) is 0.632. The SMILES string of the molecule is CCC1=Cc2cc(C)c3ccccc3c2C1C. The Morgan fingerprint density at radius 2 is 1.82 bits per heavy atom. The van der Waals surface area contributed by atoms with Crippen LogP contribution < -0.4 is 0 Å². The molecule has 0 aliphatic heterocycles. The van der Waals surface area contributed by atoms with Crippen molar-refractivity contribution in [2.45, 2.75) is 33.1 Å². The fraction of sp³-hybridized carbons (Fsp3) is 0.294. The molecule has 0 N–H and O–H groups in total. The third-order valence-electron chi connectivity index (χ3n) is 4.06. The maximum atomic E-state index is 2.39. The summed E-state index contributed by atoms with van der Waals surface area (Å²) in [4.78, 5) is 0. The van der Waals surface area contributed by atoms with Crippen molar-refractivity contribution < 1.29 is 0 Å². The van der Waals surface area contributed by atoms with E-state index in [2.05, 4.69) is 57.2 Å². The Hall–Kier alpha value is -1.56. The van der Waals surface area contributed by atoms with Crippen molar-refractivity contribution >= 4 is 16.8 Å². The van der Waals surface area contributed by atoms with Crippen molar-refractivity contribution in [3.05, 3.63) is 52.6 Å². The molecule has 0 spiro atoms. The standard InChI is InChI=1S/C17H18/c1-4-13-10-14-9-11(2)15-7-5-6-8-16(15)17(14)12(13)3/h5-10,12H,4H2,1-3H3. The molecule has 0 heterocycles. The highest BCUT2D eigenvalue weighted by molar-refractivity contribution is 5.94. The first-order valence-corrected chi connectivity index (χ1v) is 6.45.